The summed E-state index contributed by atoms with van der Waals surface area (Å²) in [6, 6.07) is 9.59. The number of hydrogen-bond acceptors (Lipinski definition) is 6. The van der Waals surface area contributed by atoms with Gasteiger partial charge < -0.3 is 15.4 Å². The van der Waals surface area contributed by atoms with Crippen LogP contribution >= 0.6 is 0 Å². The zero-order valence-electron chi connectivity index (χ0n) is 15.6. The van der Waals surface area contributed by atoms with Crippen LogP contribution in [0.3, 0.4) is 0 Å². The van der Waals surface area contributed by atoms with Crippen LogP contribution in [-0.2, 0) is 14.3 Å². The summed E-state index contributed by atoms with van der Waals surface area (Å²) in [5.74, 6) is -3.14. The van der Waals surface area contributed by atoms with E-state index in [9.17, 15) is 28.9 Å². The van der Waals surface area contributed by atoms with Crippen molar-refractivity contribution in [2.45, 2.75) is 20.0 Å². The van der Waals surface area contributed by atoms with Gasteiger partial charge in [-0.25, -0.2) is 0 Å². The molecule has 9 nitrogen and oxygen atoms in total. The first-order valence-corrected chi connectivity index (χ1v) is 8.46. The Kier molecular flexibility index (Phi) is 6.96. The summed E-state index contributed by atoms with van der Waals surface area (Å²) in [5.41, 5.74) is 0.429. The largest absolute Gasteiger partial charge is 0.451 e. The third kappa shape index (κ3) is 6.09. The number of carbonyl (C=O) groups is 3. The molecule has 0 saturated carbocycles. The normalized spacial score (nSPS) is 11.3. The van der Waals surface area contributed by atoms with Gasteiger partial charge in [0, 0.05) is 17.3 Å². The van der Waals surface area contributed by atoms with Crippen LogP contribution in [0.15, 0.2) is 42.5 Å². The zero-order valence-corrected chi connectivity index (χ0v) is 15.6. The number of amides is 2. The van der Waals surface area contributed by atoms with Gasteiger partial charge in [-0.2, -0.15) is 4.39 Å². The summed E-state index contributed by atoms with van der Waals surface area (Å²) in [6.07, 6.45) is -1.25. The number of carbonyl (C=O) groups excluding carboxylic acids is 3. The molecular weight excluding hydrogens is 385 g/mol. The molecular formula is C19H18FN3O6. The van der Waals surface area contributed by atoms with Gasteiger partial charge in [-0.3, -0.25) is 24.5 Å². The van der Waals surface area contributed by atoms with Gasteiger partial charge in [0.1, 0.15) is 6.54 Å². The average Bonchev–Trinajstić information content (AvgIpc) is 2.67. The van der Waals surface area contributed by atoms with E-state index in [-0.39, 0.29) is 5.69 Å². The zero-order chi connectivity index (χ0) is 21.6. The van der Waals surface area contributed by atoms with Crippen LogP contribution < -0.4 is 10.6 Å². The molecule has 0 saturated heterocycles. The third-order valence-corrected chi connectivity index (χ3v) is 3.76. The first-order valence-electron chi connectivity index (χ1n) is 8.46. The number of nitro benzene ring substituents is 1. The molecule has 0 radical (unpaired) electrons. The smallest absolute Gasteiger partial charge is 0.326 e. The molecule has 2 N–H and O–H groups in total. The molecule has 0 aliphatic rings. The van der Waals surface area contributed by atoms with Gasteiger partial charge in [0.2, 0.25) is 5.82 Å². The van der Waals surface area contributed by atoms with Gasteiger partial charge in [-0.15, -0.1) is 0 Å². The third-order valence-electron chi connectivity index (χ3n) is 3.76. The highest BCUT2D eigenvalue weighted by molar-refractivity contribution is 5.97. The summed E-state index contributed by atoms with van der Waals surface area (Å²) in [7, 11) is 0. The maximum Gasteiger partial charge on any atom is 0.326 e. The number of hydrogen-bond donors (Lipinski definition) is 2. The van der Waals surface area contributed by atoms with Gasteiger partial charge in [0.05, 0.1) is 4.92 Å². The molecule has 2 rings (SSSR count). The highest BCUT2D eigenvalue weighted by Crippen LogP contribution is 2.21. The lowest BCUT2D eigenvalue weighted by Crippen LogP contribution is -2.35. The van der Waals surface area contributed by atoms with Crippen LogP contribution in [-0.4, -0.2) is 35.4 Å². The van der Waals surface area contributed by atoms with Crippen molar-refractivity contribution in [3.05, 3.63) is 69.5 Å². The second kappa shape index (κ2) is 9.40. The molecule has 2 aromatic carbocycles. The maximum absolute atomic E-state index is 13.3. The minimum atomic E-state index is -1.25. The summed E-state index contributed by atoms with van der Waals surface area (Å²) in [4.78, 5) is 45.7. The Balaban J connectivity index is 1.87. The van der Waals surface area contributed by atoms with Gasteiger partial charge in [0.25, 0.3) is 11.8 Å². The minimum absolute atomic E-state index is 0.0289. The molecule has 0 aliphatic carbocycles. The summed E-state index contributed by atoms with van der Waals surface area (Å²) >= 11 is 0. The van der Waals surface area contributed by atoms with Gasteiger partial charge >= 0.3 is 11.7 Å². The van der Waals surface area contributed by atoms with Crippen molar-refractivity contribution in [1.29, 1.82) is 0 Å². The number of nitro groups is 1. The fourth-order valence-electron chi connectivity index (χ4n) is 2.31. The van der Waals surface area contributed by atoms with Crippen molar-refractivity contribution < 1.29 is 28.4 Å². The standard InChI is InChI=1S/C19H18FN3O6/c1-11-4-3-5-13(8-11)19(26)21-10-17(24)29-12(2)18(25)22-14-6-7-15(20)16(9-14)23(27)28/h3-9,12H,10H2,1-2H3,(H,21,26)(H,22,25)/t12-/m1/s1. The van der Waals surface area contributed by atoms with E-state index in [2.05, 4.69) is 10.6 Å². The topological polar surface area (TPSA) is 128 Å². The molecule has 0 spiro atoms. The number of aryl methyl sites for hydroxylation is 1. The SMILES string of the molecule is Cc1cccc(C(=O)NCC(=O)O[C@H](C)C(=O)Nc2ccc(F)c([N+](=O)[O-])c2)c1. The summed E-state index contributed by atoms with van der Waals surface area (Å²) < 4.78 is 18.2. The first kappa shape index (κ1) is 21.5. The number of ether oxygens (including phenoxy) is 1. The number of esters is 1. The first-order chi connectivity index (χ1) is 13.7. The number of benzene rings is 2. The van der Waals surface area contributed by atoms with Gasteiger partial charge in [-0.1, -0.05) is 17.7 Å². The number of nitrogens with one attached hydrogen (secondary N) is 2. The second-order valence-corrected chi connectivity index (χ2v) is 6.10. The van der Waals surface area contributed by atoms with Crippen LogP contribution in [0.4, 0.5) is 15.8 Å². The van der Waals surface area contributed by atoms with Crippen LogP contribution in [0.25, 0.3) is 0 Å². The Hall–Kier alpha value is -3.82. The molecule has 2 amide bonds. The summed E-state index contributed by atoms with van der Waals surface area (Å²) in [5, 5.41) is 15.4. The predicted octanol–water partition coefficient (Wildman–Crippen LogP) is 2.34. The van der Waals surface area contributed by atoms with Gasteiger partial charge in [0.15, 0.2) is 6.10 Å². The van der Waals surface area contributed by atoms with E-state index in [0.29, 0.717) is 5.56 Å². The van der Waals surface area contributed by atoms with Crippen LogP contribution in [0, 0.1) is 22.9 Å². The lowest BCUT2D eigenvalue weighted by molar-refractivity contribution is -0.387. The molecule has 0 bridgehead atoms. The van der Waals surface area contributed by atoms with Crippen molar-refractivity contribution in [2.75, 3.05) is 11.9 Å². The van der Waals surface area contributed by atoms with Crippen LogP contribution in [0.2, 0.25) is 0 Å². The Labute approximate surface area is 165 Å². The minimum Gasteiger partial charge on any atom is -0.451 e. The van der Waals surface area contributed by atoms with E-state index in [0.717, 1.165) is 23.8 Å². The molecule has 10 heteroatoms. The molecule has 2 aromatic rings. The van der Waals surface area contributed by atoms with Crippen molar-refractivity contribution >= 4 is 29.2 Å². The second-order valence-electron chi connectivity index (χ2n) is 6.10. The average molecular weight is 403 g/mol. The number of nitrogens with zero attached hydrogens (tertiary/aromatic N) is 1. The van der Waals surface area contributed by atoms with Crippen molar-refractivity contribution in [3.8, 4) is 0 Å². The maximum atomic E-state index is 13.3. The Morgan fingerprint density at radius 3 is 2.59 bits per heavy atom. The molecule has 152 valence electrons. The van der Waals surface area contributed by atoms with Crippen LogP contribution in [0.1, 0.15) is 22.8 Å². The molecule has 1 atom stereocenters. The molecule has 29 heavy (non-hydrogen) atoms. The molecule has 0 fully saturated rings. The number of anilines is 1. The van der Waals surface area contributed by atoms with E-state index in [1.54, 1.807) is 18.2 Å². The van der Waals surface area contributed by atoms with Crippen molar-refractivity contribution in [3.63, 3.8) is 0 Å². The van der Waals surface area contributed by atoms with E-state index in [1.807, 2.05) is 13.0 Å². The molecule has 0 heterocycles. The van der Waals surface area contributed by atoms with E-state index in [1.165, 1.54) is 6.92 Å². The van der Waals surface area contributed by atoms with Crippen molar-refractivity contribution in [2.24, 2.45) is 0 Å². The highest BCUT2D eigenvalue weighted by atomic mass is 19.1. The van der Waals surface area contributed by atoms with E-state index in [4.69, 9.17) is 4.74 Å². The number of halogens is 1. The highest BCUT2D eigenvalue weighted by Gasteiger charge is 2.20. The van der Waals surface area contributed by atoms with E-state index >= 15 is 0 Å². The monoisotopic (exact) mass is 403 g/mol. The predicted molar refractivity (Wildman–Crippen MR) is 101 cm³/mol. The lowest BCUT2D eigenvalue weighted by atomic mass is 10.1. The molecule has 0 unspecified atom stereocenters. The molecule has 0 aromatic heterocycles. The quantitative estimate of drug-likeness (QED) is 0.415. The molecule has 0 aliphatic heterocycles. The van der Waals surface area contributed by atoms with Crippen molar-refractivity contribution in [1.82, 2.24) is 5.32 Å². The van der Waals surface area contributed by atoms with Gasteiger partial charge in [-0.05, 0) is 38.1 Å². The Morgan fingerprint density at radius 2 is 1.93 bits per heavy atom. The fraction of sp³-hybridized carbons (Fsp3) is 0.211. The lowest BCUT2D eigenvalue weighted by Gasteiger charge is -2.14. The Morgan fingerprint density at radius 1 is 1.21 bits per heavy atom. The fourth-order valence-corrected chi connectivity index (χ4v) is 2.31. The Bertz CT molecular complexity index is 963. The van der Waals surface area contributed by atoms with Crippen LogP contribution in [0.5, 0.6) is 0 Å². The number of rotatable bonds is 7. The summed E-state index contributed by atoms with van der Waals surface area (Å²) in [6.45, 7) is 2.65. The van der Waals surface area contributed by atoms with E-state index < -0.39 is 46.9 Å².